The number of hydrogen-bond acceptors (Lipinski definition) is 3. The Balaban J connectivity index is 1.90. The van der Waals surface area contributed by atoms with Crippen molar-refractivity contribution in [2.75, 3.05) is 11.4 Å². The third-order valence-electron chi connectivity index (χ3n) is 5.12. The number of anilines is 1. The van der Waals surface area contributed by atoms with Gasteiger partial charge in [0.2, 0.25) is 0 Å². The van der Waals surface area contributed by atoms with E-state index < -0.39 is 41.1 Å². The highest BCUT2D eigenvalue weighted by Crippen LogP contribution is 2.39. The number of nitrogens with zero attached hydrogens (tertiary/aromatic N) is 5. The van der Waals surface area contributed by atoms with Crippen LogP contribution in [0.3, 0.4) is 0 Å². The maximum Gasteiger partial charge on any atom is 0.436 e. The summed E-state index contributed by atoms with van der Waals surface area (Å²) in [6.45, 7) is 5.12. The fraction of sp³-hybridized carbons (Fsp3) is 0.588. The molecule has 29 heavy (non-hydrogen) atoms. The summed E-state index contributed by atoms with van der Waals surface area (Å²) < 4.78 is 56.5. The number of carbonyl (C=O) groups is 1. The number of carbonyl (C=O) groups excluding carboxylic acids is 1. The van der Waals surface area contributed by atoms with Crippen LogP contribution in [0, 0.1) is 10.6 Å². The molecule has 1 fully saturated rings. The molecule has 0 radical (unpaired) electrons. The molecule has 6 nitrogen and oxygen atoms in total. The number of hydrogen-bond donors (Lipinski definition) is 0. The molecule has 3 heterocycles. The first-order valence-electron chi connectivity index (χ1n) is 8.99. The summed E-state index contributed by atoms with van der Waals surface area (Å²) in [5, 5.41) is 7.28. The topological polar surface area (TPSA) is 56.0 Å². The van der Waals surface area contributed by atoms with E-state index >= 15 is 0 Å². The third-order valence-corrected chi connectivity index (χ3v) is 6.62. The Kier molecular flexibility index (Phi) is 6.19. The van der Waals surface area contributed by atoms with Crippen LogP contribution in [0.2, 0.25) is 5.02 Å². The van der Waals surface area contributed by atoms with Crippen molar-refractivity contribution in [1.29, 1.82) is 0 Å². The molecular weight excluding hydrogens is 529 g/mol. The van der Waals surface area contributed by atoms with Gasteiger partial charge in [-0.2, -0.15) is 23.4 Å². The molecular formula is C17H19ClF4IN5O. The number of aromatic nitrogens is 4. The van der Waals surface area contributed by atoms with E-state index in [1.165, 1.54) is 22.7 Å². The van der Waals surface area contributed by atoms with Crippen LogP contribution >= 0.6 is 34.2 Å². The zero-order chi connectivity index (χ0) is 21.7. The monoisotopic (exact) mass is 547 g/mol. The van der Waals surface area contributed by atoms with E-state index in [0.717, 1.165) is 4.68 Å². The quantitative estimate of drug-likeness (QED) is 0.393. The van der Waals surface area contributed by atoms with E-state index in [2.05, 4.69) is 10.2 Å². The van der Waals surface area contributed by atoms with E-state index in [4.69, 9.17) is 11.6 Å². The van der Waals surface area contributed by atoms with Gasteiger partial charge >= 0.3 is 6.18 Å². The van der Waals surface area contributed by atoms with Crippen molar-refractivity contribution in [3.05, 3.63) is 26.3 Å². The number of alkyl halides is 4. The Labute approximate surface area is 183 Å². The van der Waals surface area contributed by atoms with Crippen LogP contribution in [0.1, 0.15) is 50.2 Å². The van der Waals surface area contributed by atoms with E-state index in [-0.39, 0.29) is 18.7 Å². The highest BCUT2D eigenvalue weighted by Gasteiger charge is 2.42. The molecule has 0 N–H and O–H groups in total. The second-order valence-electron chi connectivity index (χ2n) is 6.91. The van der Waals surface area contributed by atoms with Gasteiger partial charge in [-0.3, -0.25) is 14.2 Å². The van der Waals surface area contributed by atoms with Crippen molar-refractivity contribution in [2.45, 2.75) is 58.0 Å². The van der Waals surface area contributed by atoms with Crippen LogP contribution < -0.4 is 4.90 Å². The predicted molar refractivity (Wildman–Crippen MR) is 108 cm³/mol. The molecule has 3 rings (SSSR count). The zero-order valence-corrected chi connectivity index (χ0v) is 18.8. The molecule has 0 aromatic carbocycles. The van der Waals surface area contributed by atoms with Crippen molar-refractivity contribution in [2.24, 2.45) is 0 Å². The third kappa shape index (κ3) is 3.87. The smallest absolute Gasteiger partial charge is 0.307 e. The highest BCUT2D eigenvalue weighted by atomic mass is 127. The van der Waals surface area contributed by atoms with Crippen molar-refractivity contribution in [3.63, 3.8) is 0 Å². The molecule has 3 atom stereocenters. The van der Waals surface area contributed by atoms with Gasteiger partial charge in [0.1, 0.15) is 15.9 Å². The summed E-state index contributed by atoms with van der Waals surface area (Å²) in [5.41, 5.74) is -0.616. The summed E-state index contributed by atoms with van der Waals surface area (Å²) in [7, 11) is 0. The lowest BCUT2D eigenvalue weighted by molar-refractivity contribution is -0.141. The molecule has 160 valence electrons. The predicted octanol–water partition coefficient (Wildman–Crippen LogP) is 4.95. The van der Waals surface area contributed by atoms with Crippen molar-refractivity contribution >= 4 is 45.8 Å². The summed E-state index contributed by atoms with van der Waals surface area (Å²) >= 11 is 7.80. The van der Waals surface area contributed by atoms with Crippen LogP contribution in [0.25, 0.3) is 0 Å². The molecule has 1 aliphatic rings. The second-order valence-corrected chi connectivity index (χ2v) is 8.31. The van der Waals surface area contributed by atoms with Gasteiger partial charge < -0.3 is 4.90 Å². The summed E-state index contributed by atoms with van der Waals surface area (Å²) in [5.74, 6) is -0.404. The van der Waals surface area contributed by atoms with Gasteiger partial charge in [0.05, 0.1) is 28.6 Å². The fourth-order valence-corrected chi connectivity index (χ4v) is 4.64. The van der Waals surface area contributed by atoms with Crippen LogP contribution in [0.15, 0.2) is 6.20 Å². The van der Waals surface area contributed by atoms with E-state index in [1.54, 1.807) is 13.8 Å². The van der Waals surface area contributed by atoms with Crippen molar-refractivity contribution in [3.8, 4) is 0 Å². The van der Waals surface area contributed by atoms with Gasteiger partial charge in [0.25, 0.3) is 5.91 Å². The van der Waals surface area contributed by atoms with Crippen LogP contribution in [-0.4, -0.2) is 38.2 Å². The van der Waals surface area contributed by atoms with Crippen molar-refractivity contribution in [1.82, 2.24) is 19.6 Å². The number of rotatable bonds is 5. The molecule has 2 aromatic rings. The van der Waals surface area contributed by atoms with E-state index in [0.29, 0.717) is 15.8 Å². The first-order chi connectivity index (χ1) is 13.5. The average Bonchev–Trinajstić information content (AvgIpc) is 3.30. The Morgan fingerprint density at radius 2 is 2.07 bits per heavy atom. The fourth-order valence-electron chi connectivity index (χ4n) is 3.41. The molecule has 2 aromatic heterocycles. The maximum absolute atomic E-state index is 14.1. The van der Waals surface area contributed by atoms with Gasteiger partial charge in [-0.15, -0.1) is 0 Å². The largest absolute Gasteiger partial charge is 0.436 e. The Bertz CT molecular complexity index is 928. The lowest BCUT2D eigenvalue weighted by Crippen LogP contribution is -2.29. The number of amides is 1. The van der Waals surface area contributed by atoms with Crippen LogP contribution in [-0.2, 0) is 11.0 Å². The molecule has 2 unspecified atom stereocenters. The van der Waals surface area contributed by atoms with Crippen LogP contribution in [0.4, 0.5) is 23.2 Å². The lowest BCUT2D eigenvalue weighted by Gasteiger charge is -2.19. The normalized spacial score (nSPS) is 19.8. The minimum absolute atomic E-state index is 0.0847. The molecule has 0 spiro atoms. The van der Waals surface area contributed by atoms with E-state index in [1.807, 2.05) is 22.6 Å². The average molecular weight is 548 g/mol. The molecule has 12 heteroatoms. The van der Waals surface area contributed by atoms with Gasteiger partial charge in [-0.25, -0.2) is 4.39 Å². The molecule has 1 aliphatic heterocycles. The van der Waals surface area contributed by atoms with Gasteiger partial charge in [0.15, 0.2) is 5.69 Å². The van der Waals surface area contributed by atoms with E-state index in [9.17, 15) is 22.4 Å². The molecule has 0 aliphatic carbocycles. The maximum atomic E-state index is 14.1. The second kappa shape index (κ2) is 8.05. The molecule has 0 saturated carbocycles. The summed E-state index contributed by atoms with van der Waals surface area (Å²) in [4.78, 5) is 14.4. The van der Waals surface area contributed by atoms with Gasteiger partial charge in [-0.05, 0) is 49.3 Å². The minimum Gasteiger partial charge on any atom is -0.307 e. The van der Waals surface area contributed by atoms with Gasteiger partial charge in [-0.1, -0.05) is 18.5 Å². The highest BCUT2D eigenvalue weighted by molar-refractivity contribution is 14.1. The zero-order valence-electron chi connectivity index (χ0n) is 15.8. The summed E-state index contributed by atoms with van der Waals surface area (Å²) in [6, 6.07) is -1.40. The Morgan fingerprint density at radius 1 is 1.41 bits per heavy atom. The molecule has 1 saturated heterocycles. The van der Waals surface area contributed by atoms with Crippen LogP contribution in [0.5, 0.6) is 0 Å². The Morgan fingerprint density at radius 3 is 2.62 bits per heavy atom. The number of halogens is 6. The first-order valence-corrected chi connectivity index (χ1v) is 10.4. The lowest BCUT2D eigenvalue weighted by atomic mass is 10.2. The van der Waals surface area contributed by atoms with Crippen molar-refractivity contribution < 1.29 is 22.4 Å². The van der Waals surface area contributed by atoms with Gasteiger partial charge in [0, 0.05) is 6.54 Å². The standard InChI is InChI=1S/C17H19ClF4IN5O/c1-4-10(19)8(2)28-15(23)12(7-24-28)26-6-5-11(16(26)29)27-9(3)13(18)14(25-27)17(20,21)22/h7-8,10-11H,4-6H2,1-3H3/t8-,10?,11?/m1/s1. The Hall–Kier alpha value is -1.37. The molecule has 1 amide bonds. The minimum atomic E-state index is -4.71. The SMILES string of the molecule is CCC(F)[C@@H](C)n1ncc(N2CCC(n3nc(C(F)(F)F)c(Cl)c3C)C2=O)c1I. The summed E-state index contributed by atoms with van der Waals surface area (Å²) in [6.07, 6.45) is -3.72. The molecule has 0 bridgehead atoms. The first kappa shape index (κ1) is 22.3.